The molecule has 6 heteroatoms. The van der Waals surface area contributed by atoms with Crippen LogP contribution in [-0.4, -0.2) is 46.9 Å². The number of unbranched alkanes of at least 4 members (excludes halogenated alkanes) is 29. The van der Waals surface area contributed by atoms with Gasteiger partial charge in [-0.1, -0.05) is 213 Å². The van der Waals surface area contributed by atoms with Crippen molar-refractivity contribution in [2.24, 2.45) is 0 Å². The molecular weight excluding hydrogens is 634 g/mol. The van der Waals surface area contributed by atoms with E-state index in [4.69, 9.17) is 4.74 Å². The molecule has 0 aromatic carbocycles. The van der Waals surface area contributed by atoms with E-state index in [0.29, 0.717) is 19.3 Å². The Hall–Kier alpha value is -1.14. The Morgan fingerprint density at radius 3 is 1.20 bits per heavy atom. The van der Waals surface area contributed by atoms with E-state index in [9.17, 15) is 19.8 Å². The Balaban J connectivity index is 4.38. The second kappa shape index (κ2) is 40.1. The summed E-state index contributed by atoms with van der Waals surface area (Å²) in [4.78, 5) is 25.8. The highest BCUT2D eigenvalue weighted by atomic mass is 16.5. The van der Waals surface area contributed by atoms with E-state index in [2.05, 4.69) is 26.1 Å². The van der Waals surface area contributed by atoms with E-state index in [1.54, 1.807) is 0 Å². The molecule has 0 aromatic heterocycles. The summed E-state index contributed by atoms with van der Waals surface area (Å²) in [6.45, 7) is 6.44. The van der Waals surface area contributed by atoms with Crippen molar-refractivity contribution >= 4 is 11.9 Å². The summed E-state index contributed by atoms with van der Waals surface area (Å²) in [6, 6.07) is -0.689. The summed E-state index contributed by atoms with van der Waals surface area (Å²) in [7, 11) is 0. The predicted octanol–water partition coefficient (Wildman–Crippen LogP) is 12.8. The van der Waals surface area contributed by atoms with Gasteiger partial charge in [-0.25, -0.2) is 0 Å². The van der Waals surface area contributed by atoms with E-state index < -0.39 is 18.2 Å². The van der Waals surface area contributed by atoms with Gasteiger partial charge in [-0.2, -0.15) is 0 Å². The number of hydrogen-bond donors (Lipinski definition) is 3. The topological polar surface area (TPSA) is 95.9 Å². The molecule has 3 N–H and O–H groups in total. The van der Waals surface area contributed by atoms with Crippen LogP contribution < -0.4 is 5.32 Å². The third-order valence-electron chi connectivity index (χ3n) is 10.7. The Kier molecular flexibility index (Phi) is 39.2. The van der Waals surface area contributed by atoms with Crippen LogP contribution >= 0.6 is 0 Å². The zero-order chi connectivity index (χ0) is 37.5. The maximum Gasteiger partial charge on any atom is 0.306 e. The molecule has 0 radical (unpaired) electrons. The molecule has 51 heavy (non-hydrogen) atoms. The lowest BCUT2D eigenvalue weighted by Crippen LogP contribution is -2.46. The van der Waals surface area contributed by atoms with Crippen LogP contribution in [0.3, 0.4) is 0 Å². The van der Waals surface area contributed by atoms with E-state index in [0.717, 1.165) is 38.5 Å². The fraction of sp³-hybridized carbons (Fsp3) is 0.956. The summed E-state index contributed by atoms with van der Waals surface area (Å²) in [5.41, 5.74) is 0. The number of amides is 1. The lowest BCUT2D eigenvalue weighted by Gasteiger charge is -2.24. The quantitative estimate of drug-likeness (QED) is 0.0431. The minimum atomic E-state index is -0.776. The van der Waals surface area contributed by atoms with Gasteiger partial charge >= 0.3 is 5.97 Å². The normalized spacial score (nSPS) is 13.3. The number of rotatable bonds is 41. The second-order valence-electron chi connectivity index (χ2n) is 15.8. The Morgan fingerprint density at radius 1 is 0.490 bits per heavy atom. The molecule has 0 heterocycles. The van der Waals surface area contributed by atoms with Gasteiger partial charge in [0.05, 0.1) is 25.2 Å². The minimum Gasteiger partial charge on any atom is -0.462 e. The molecule has 3 atom stereocenters. The number of aliphatic hydroxyl groups excluding tert-OH is 2. The molecule has 1 amide bonds. The molecule has 3 unspecified atom stereocenters. The Morgan fingerprint density at radius 2 is 0.824 bits per heavy atom. The fourth-order valence-electron chi connectivity index (χ4n) is 7.20. The number of carbonyl (C=O) groups excluding carboxylic acids is 2. The van der Waals surface area contributed by atoms with Crippen molar-refractivity contribution in [2.75, 3.05) is 6.61 Å². The average molecular weight is 724 g/mol. The third kappa shape index (κ3) is 35.6. The van der Waals surface area contributed by atoms with Gasteiger partial charge in [-0.05, 0) is 25.7 Å². The standard InChI is InChI=1S/C45H89NO5/c1-4-7-10-13-16-18-20-21-22-23-24-26-29-32-35-38-45(50)51-41(36-33-30-27-15-12-9-6-3)39-44(49)46-42(40-47)43(48)37-34-31-28-25-19-17-14-11-8-5-2/h41-43,47-48H,4-40H2,1-3H3,(H,46,49). The summed E-state index contributed by atoms with van der Waals surface area (Å²) in [5.74, 6) is -0.464. The van der Waals surface area contributed by atoms with Gasteiger partial charge in [0.1, 0.15) is 6.10 Å². The number of aliphatic hydroxyl groups is 2. The molecule has 0 fully saturated rings. The van der Waals surface area contributed by atoms with Crippen LogP contribution in [0, 0.1) is 0 Å². The highest BCUT2D eigenvalue weighted by Gasteiger charge is 2.24. The van der Waals surface area contributed by atoms with E-state index >= 15 is 0 Å². The zero-order valence-electron chi connectivity index (χ0n) is 34.5. The number of nitrogens with one attached hydrogen (secondary N) is 1. The summed E-state index contributed by atoms with van der Waals surface area (Å²) < 4.78 is 5.88. The molecule has 0 aromatic rings. The van der Waals surface area contributed by atoms with Crippen LogP contribution in [-0.2, 0) is 14.3 Å². The molecule has 0 spiro atoms. The molecule has 0 aliphatic heterocycles. The second-order valence-corrected chi connectivity index (χ2v) is 15.8. The van der Waals surface area contributed by atoms with Gasteiger partial charge in [0.15, 0.2) is 0 Å². The lowest BCUT2D eigenvalue weighted by atomic mass is 10.0. The van der Waals surface area contributed by atoms with Gasteiger partial charge in [-0.3, -0.25) is 9.59 Å². The number of hydrogen-bond acceptors (Lipinski definition) is 5. The van der Waals surface area contributed by atoms with Crippen LogP contribution in [0.4, 0.5) is 0 Å². The van der Waals surface area contributed by atoms with E-state index in [1.165, 1.54) is 167 Å². The van der Waals surface area contributed by atoms with E-state index in [1.807, 2.05) is 0 Å². The monoisotopic (exact) mass is 724 g/mol. The van der Waals surface area contributed by atoms with Crippen molar-refractivity contribution in [3.8, 4) is 0 Å². The van der Waals surface area contributed by atoms with Gasteiger partial charge in [-0.15, -0.1) is 0 Å². The van der Waals surface area contributed by atoms with Crippen molar-refractivity contribution in [1.82, 2.24) is 5.32 Å². The maximum atomic E-state index is 13.0. The maximum absolute atomic E-state index is 13.0. The van der Waals surface area contributed by atoms with Crippen LogP contribution in [0.15, 0.2) is 0 Å². The van der Waals surface area contributed by atoms with Crippen molar-refractivity contribution < 1.29 is 24.5 Å². The van der Waals surface area contributed by atoms with Crippen LogP contribution in [0.1, 0.15) is 252 Å². The van der Waals surface area contributed by atoms with Gasteiger partial charge in [0.25, 0.3) is 0 Å². The van der Waals surface area contributed by atoms with Crippen LogP contribution in [0.25, 0.3) is 0 Å². The highest BCUT2D eigenvalue weighted by Crippen LogP contribution is 2.18. The van der Waals surface area contributed by atoms with Gasteiger partial charge < -0.3 is 20.3 Å². The number of ether oxygens (including phenoxy) is 1. The Labute approximate surface area is 317 Å². The largest absolute Gasteiger partial charge is 0.462 e. The Bertz CT molecular complexity index is 731. The summed E-state index contributed by atoms with van der Waals surface area (Å²) in [6.07, 6.45) is 40.3. The lowest BCUT2D eigenvalue weighted by molar-refractivity contribution is -0.151. The van der Waals surface area contributed by atoms with Crippen molar-refractivity contribution in [1.29, 1.82) is 0 Å². The van der Waals surface area contributed by atoms with Crippen LogP contribution in [0.5, 0.6) is 0 Å². The zero-order valence-corrected chi connectivity index (χ0v) is 34.5. The third-order valence-corrected chi connectivity index (χ3v) is 10.7. The first-order valence-electron chi connectivity index (χ1n) is 22.8. The molecule has 0 aliphatic carbocycles. The molecular formula is C45H89NO5. The molecule has 0 aliphatic rings. The molecule has 0 bridgehead atoms. The number of carbonyl (C=O) groups is 2. The van der Waals surface area contributed by atoms with Gasteiger partial charge in [0.2, 0.25) is 5.91 Å². The minimum absolute atomic E-state index is 0.0852. The van der Waals surface area contributed by atoms with Crippen molar-refractivity contribution in [3.05, 3.63) is 0 Å². The highest BCUT2D eigenvalue weighted by molar-refractivity contribution is 5.77. The first-order chi connectivity index (χ1) is 25.0. The summed E-state index contributed by atoms with van der Waals surface area (Å²) in [5, 5.41) is 23.5. The smallest absolute Gasteiger partial charge is 0.306 e. The molecule has 304 valence electrons. The first-order valence-corrected chi connectivity index (χ1v) is 22.8. The van der Waals surface area contributed by atoms with Crippen molar-refractivity contribution in [2.45, 2.75) is 270 Å². The number of esters is 1. The predicted molar refractivity (Wildman–Crippen MR) is 218 cm³/mol. The van der Waals surface area contributed by atoms with Crippen LogP contribution in [0.2, 0.25) is 0 Å². The average Bonchev–Trinajstić information content (AvgIpc) is 3.12. The first kappa shape index (κ1) is 49.9. The molecule has 0 saturated carbocycles. The van der Waals surface area contributed by atoms with E-state index in [-0.39, 0.29) is 24.9 Å². The molecule has 0 rings (SSSR count). The van der Waals surface area contributed by atoms with Gasteiger partial charge in [0, 0.05) is 6.42 Å². The SMILES string of the molecule is CCCCCCCCCCCCCCCCCC(=O)OC(CCCCCCCCC)CC(=O)NC(CO)C(O)CCCCCCCCCCCC. The molecule has 0 saturated heterocycles. The van der Waals surface area contributed by atoms with Crippen molar-refractivity contribution in [3.63, 3.8) is 0 Å². The molecule has 6 nitrogen and oxygen atoms in total. The fourth-order valence-corrected chi connectivity index (χ4v) is 7.20. The summed E-state index contributed by atoms with van der Waals surface area (Å²) >= 11 is 0.